The molecule has 2 rings (SSSR count). The molecule has 15 heavy (non-hydrogen) atoms. The van der Waals surface area contributed by atoms with Gasteiger partial charge in [-0.05, 0) is 36.5 Å². The second kappa shape index (κ2) is 4.34. The molecule has 78 valence electrons. The SMILES string of the molecule is N#CC(c1cccc(Br)c1)C(O)C1CC1. The number of aliphatic hydroxyl groups is 1. The van der Waals surface area contributed by atoms with Gasteiger partial charge in [0, 0.05) is 4.47 Å². The van der Waals surface area contributed by atoms with Crippen LogP contribution in [-0.2, 0) is 0 Å². The molecule has 1 fully saturated rings. The fraction of sp³-hybridized carbons (Fsp3) is 0.417. The van der Waals surface area contributed by atoms with Crippen molar-refractivity contribution in [1.82, 2.24) is 0 Å². The van der Waals surface area contributed by atoms with Gasteiger partial charge in [-0.1, -0.05) is 28.1 Å². The summed E-state index contributed by atoms with van der Waals surface area (Å²) in [7, 11) is 0. The van der Waals surface area contributed by atoms with Gasteiger partial charge in [0.2, 0.25) is 0 Å². The van der Waals surface area contributed by atoms with E-state index in [0.29, 0.717) is 5.92 Å². The van der Waals surface area contributed by atoms with E-state index in [0.717, 1.165) is 22.9 Å². The molecule has 0 saturated heterocycles. The minimum Gasteiger partial charge on any atom is -0.391 e. The van der Waals surface area contributed by atoms with Crippen molar-refractivity contribution in [2.45, 2.75) is 24.9 Å². The number of nitrogens with zero attached hydrogens (tertiary/aromatic N) is 1. The molecule has 2 unspecified atom stereocenters. The number of hydrogen-bond donors (Lipinski definition) is 1. The number of halogens is 1. The lowest BCUT2D eigenvalue weighted by atomic mass is 9.92. The molecule has 2 nitrogen and oxygen atoms in total. The van der Waals surface area contributed by atoms with E-state index in [1.165, 1.54) is 0 Å². The Morgan fingerprint density at radius 2 is 2.20 bits per heavy atom. The average molecular weight is 266 g/mol. The van der Waals surface area contributed by atoms with Crippen LogP contribution in [0.25, 0.3) is 0 Å². The van der Waals surface area contributed by atoms with E-state index in [9.17, 15) is 5.11 Å². The van der Waals surface area contributed by atoms with Crippen molar-refractivity contribution in [2.75, 3.05) is 0 Å². The highest BCUT2D eigenvalue weighted by Gasteiger charge is 2.36. The largest absolute Gasteiger partial charge is 0.391 e. The zero-order chi connectivity index (χ0) is 10.8. The Morgan fingerprint density at radius 3 is 2.73 bits per heavy atom. The molecule has 0 heterocycles. The molecule has 0 aliphatic heterocycles. The quantitative estimate of drug-likeness (QED) is 0.914. The fourth-order valence-electron chi connectivity index (χ4n) is 1.76. The van der Waals surface area contributed by atoms with Gasteiger partial charge in [0.25, 0.3) is 0 Å². The maximum Gasteiger partial charge on any atom is 0.0974 e. The van der Waals surface area contributed by atoms with Crippen LogP contribution in [0.4, 0.5) is 0 Å². The van der Waals surface area contributed by atoms with Crippen LogP contribution in [0.3, 0.4) is 0 Å². The van der Waals surface area contributed by atoms with Crippen LogP contribution in [0, 0.1) is 17.2 Å². The zero-order valence-electron chi connectivity index (χ0n) is 8.23. The normalized spacial score (nSPS) is 19.3. The van der Waals surface area contributed by atoms with Gasteiger partial charge in [0.05, 0.1) is 18.1 Å². The van der Waals surface area contributed by atoms with Crippen LogP contribution >= 0.6 is 15.9 Å². The molecule has 1 N–H and O–H groups in total. The average Bonchev–Trinajstić information content (AvgIpc) is 3.02. The summed E-state index contributed by atoms with van der Waals surface area (Å²) in [6.45, 7) is 0. The van der Waals surface area contributed by atoms with Gasteiger partial charge < -0.3 is 5.11 Å². The van der Waals surface area contributed by atoms with E-state index in [4.69, 9.17) is 5.26 Å². The predicted octanol–water partition coefficient (Wildman–Crippen LogP) is 2.83. The van der Waals surface area contributed by atoms with Gasteiger partial charge in [0.1, 0.15) is 0 Å². The van der Waals surface area contributed by atoms with Crippen molar-refractivity contribution >= 4 is 15.9 Å². The van der Waals surface area contributed by atoms with E-state index in [2.05, 4.69) is 22.0 Å². The molecular weight excluding hydrogens is 254 g/mol. The second-order valence-corrected chi connectivity index (χ2v) is 4.91. The molecule has 0 bridgehead atoms. The monoisotopic (exact) mass is 265 g/mol. The Balaban J connectivity index is 2.22. The molecule has 1 aliphatic carbocycles. The van der Waals surface area contributed by atoms with Crippen LogP contribution < -0.4 is 0 Å². The summed E-state index contributed by atoms with van der Waals surface area (Å²) in [4.78, 5) is 0. The number of hydrogen-bond acceptors (Lipinski definition) is 2. The van der Waals surface area contributed by atoms with E-state index < -0.39 is 12.0 Å². The predicted molar refractivity (Wildman–Crippen MR) is 61.2 cm³/mol. The lowest BCUT2D eigenvalue weighted by molar-refractivity contribution is 0.138. The van der Waals surface area contributed by atoms with Crippen LogP contribution in [-0.4, -0.2) is 11.2 Å². The summed E-state index contributed by atoms with van der Waals surface area (Å²) >= 11 is 3.37. The number of rotatable bonds is 3. The van der Waals surface area contributed by atoms with Crippen molar-refractivity contribution in [3.05, 3.63) is 34.3 Å². The van der Waals surface area contributed by atoms with Crippen molar-refractivity contribution in [3.8, 4) is 6.07 Å². The van der Waals surface area contributed by atoms with E-state index in [1.54, 1.807) is 0 Å². The molecule has 1 saturated carbocycles. The molecule has 1 aromatic rings. The van der Waals surface area contributed by atoms with Gasteiger partial charge in [-0.25, -0.2) is 0 Å². The third-order valence-electron chi connectivity index (χ3n) is 2.79. The van der Waals surface area contributed by atoms with Crippen LogP contribution in [0.15, 0.2) is 28.7 Å². The Labute approximate surface area is 97.7 Å². The molecule has 0 amide bonds. The van der Waals surface area contributed by atoms with Crippen LogP contribution in [0.5, 0.6) is 0 Å². The molecule has 0 aromatic heterocycles. The van der Waals surface area contributed by atoms with Crippen LogP contribution in [0.2, 0.25) is 0 Å². The Morgan fingerprint density at radius 1 is 1.47 bits per heavy atom. The van der Waals surface area contributed by atoms with E-state index in [-0.39, 0.29) is 0 Å². The molecular formula is C12H12BrNO. The van der Waals surface area contributed by atoms with Crippen molar-refractivity contribution in [1.29, 1.82) is 5.26 Å². The maximum absolute atomic E-state index is 9.96. The van der Waals surface area contributed by atoms with E-state index >= 15 is 0 Å². The first-order chi connectivity index (χ1) is 7.22. The first-order valence-electron chi connectivity index (χ1n) is 5.05. The highest BCUT2D eigenvalue weighted by molar-refractivity contribution is 9.10. The van der Waals surface area contributed by atoms with Crippen molar-refractivity contribution < 1.29 is 5.11 Å². The molecule has 0 radical (unpaired) electrons. The van der Waals surface area contributed by atoms with Gasteiger partial charge in [-0.15, -0.1) is 0 Å². The molecule has 0 spiro atoms. The third kappa shape index (κ3) is 2.39. The highest BCUT2D eigenvalue weighted by atomic mass is 79.9. The number of aliphatic hydroxyl groups excluding tert-OH is 1. The minimum absolute atomic E-state index is 0.327. The number of benzene rings is 1. The lowest BCUT2D eigenvalue weighted by Gasteiger charge is -2.16. The molecule has 1 aromatic carbocycles. The topological polar surface area (TPSA) is 44.0 Å². The zero-order valence-corrected chi connectivity index (χ0v) is 9.81. The van der Waals surface area contributed by atoms with Crippen molar-refractivity contribution in [2.24, 2.45) is 5.92 Å². The first-order valence-corrected chi connectivity index (χ1v) is 5.85. The first kappa shape index (κ1) is 10.7. The Kier molecular flexibility index (Phi) is 3.08. The molecule has 3 heteroatoms. The van der Waals surface area contributed by atoms with Crippen molar-refractivity contribution in [3.63, 3.8) is 0 Å². The summed E-state index contributed by atoms with van der Waals surface area (Å²) in [5.74, 6) is -0.0661. The van der Waals surface area contributed by atoms with Gasteiger partial charge in [0.15, 0.2) is 0 Å². The van der Waals surface area contributed by atoms with Gasteiger partial charge >= 0.3 is 0 Å². The smallest absolute Gasteiger partial charge is 0.0974 e. The fourth-order valence-corrected chi connectivity index (χ4v) is 2.17. The van der Waals surface area contributed by atoms with Gasteiger partial charge in [-0.3, -0.25) is 0 Å². The van der Waals surface area contributed by atoms with E-state index in [1.807, 2.05) is 24.3 Å². The summed E-state index contributed by atoms with van der Waals surface area (Å²) in [5.41, 5.74) is 0.895. The Bertz CT molecular complexity index is 395. The lowest BCUT2D eigenvalue weighted by Crippen LogP contribution is -2.19. The summed E-state index contributed by atoms with van der Waals surface area (Å²) in [6, 6.07) is 9.80. The minimum atomic E-state index is -0.510. The summed E-state index contributed by atoms with van der Waals surface area (Å²) in [5, 5.41) is 19.0. The molecule has 1 aliphatic rings. The summed E-state index contributed by atoms with van der Waals surface area (Å²) in [6.07, 6.45) is 1.59. The highest BCUT2D eigenvalue weighted by Crippen LogP contribution is 2.39. The Hall–Kier alpha value is -0.850. The third-order valence-corrected chi connectivity index (χ3v) is 3.29. The van der Waals surface area contributed by atoms with Crippen LogP contribution in [0.1, 0.15) is 24.3 Å². The standard InChI is InChI=1S/C12H12BrNO/c13-10-3-1-2-9(6-10)11(7-14)12(15)8-4-5-8/h1-3,6,8,11-12,15H,4-5H2. The second-order valence-electron chi connectivity index (χ2n) is 3.99. The summed E-state index contributed by atoms with van der Waals surface area (Å²) < 4.78 is 0.947. The maximum atomic E-state index is 9.96. The molecule has 2 atom stereocenters. The van der Waals surface area contributed by atoms with Gasteiger partial charge in [-0.2, -0.15) is 5.26 Å². The number of nitriles is 1.